The molecule has 0 aliphatic heterocycles. The van der Waals surface area contributed by atoms with Crippen molar-refractivity contribution in [2.45, 2.75) is 0 Å². The van der Waals surface area contributed by atoms with E-state index in [0.29, 0.717) is 0 Å². The van der Waals surface area contributed by atoms with Crippen LogP contribution in [-0.2, 0) is 6.66 Å². The lowest BCUT2D eigenvalue weighted by molar-refractivity contribution is 1.50. The molecule has 16 heavy (non-hydrogen) atoms. The van der Waals surface area contributed by atoms with Gasteiger partial charge in [0.25, 0.3) is 0 Å². The molecule has 0 saturated heterocycles. The second kappa shape index (κ2) is 3.37. The normalized spacial score (nSPS) is 11.9. The molecule has 0 spiro atoms. The van der Waals surface area contributed by atoms with E-state index in [4.69, 9.17) is 5.26 Å². The standard InChI is InChI=1S/C14H10NP/c1-16-13-5-3-2-4-11(13)12-7-6-10(9-15)8-14(12)16/h2-8H,1H3. The number of hydrogen-bond acceptors (Lipinski definition) is 1. The third kappa shape index (κ3) is 1.18. The lowest BCUT2D eigenvalue weighted by Gasteiger charge is -1.93. The van der Waals surface area contributed by atoms with Gasteiger partial charge >= 0.3 is 0 Å². The molecule has 1 unspecified atom stereocenters. The first-order valence-corrected chi connectivity index (χ1v) is 6.97. The molecule has 2 heteroatoms. The minimum absolute atomic E-state index is 0.270. The highest BCUT2D eigenvalue weighted by atomic mass is 31.1. The van der Waals surface area contributed by atoms with E-state index < -0.39 is 0 Å². The second-order valence-corrected chi connectivity index (χ2v) is 6.00. The first-order valence-electron chi connectivity index (χ1n) is 5.18. The predicted molar refractivity (Wildman–Crippen MR) is 69.9 cm³/mol. The number of rotatable bonds is 0. The van der Waals surface area contributed by atoms with Crippen molar-refractivity contribution in [1.29, 1.82) is 5.26 Å². The molecule has 0 amide bonds. The fraction of sp³-hybridized carbons (Fsp3) is 0.0714. The zero-order valence-electron chi connectivity index (χ0n) is 8.94. The van der Waals surface area contributed by atoms with Crippen LogP contribution in [0.15, 0.2) is 42.5 Å². The quantitative estimate of drug-likeness (QED) is 0.554. The van der Waals surface area contributed by atoms with Crippen LogP contribution in [0.3, 0.4) is 0 Å². The first-order chi connectivity index (χ1) is 7.81. The maximum atomic E-state index is 8.93. The van der Waals surface area contributed by atoms with E-state index >= 15 is 0 Å². The van der Waals surface area contributed by atoms with Crippen molar-refractivity contribution in [3.63, 3.8) is 0 Å². The molecule has 3 rings (SSSR count). The molecule has 1 aromatic heterocycles. The summed E-state index contributed by atoms with van der Waals surface area (Å²) in [7, 11) is -0.270. The fourth-order valence-corrected chi connectivity index (χ4v) is 4.24. The maximum absolute atomic E-state index is 8.93. The van der Waals surface area contributed by atoms with Crippen LogP contribution in [0.1, 0.15) is 5.56 Å². The zero-order valence-corrected chi connectivity index (χ0v) is 9.83. The highest BCUT2D eigenvalue weighted by Crippen LogP contribution is 2.46. The van der Waals surface area contributed by atoms with Gasteiger partial charge in [0.1, 0.15) is 0 Å². The van der Waals surface area contributed by atoms with Crippen molar-refractivity contribution >= 4 is 28.5 Å². The Bertz CT molecular complexity index is 731. The molecule has 76 valence electrons. The molecule has 0 N–H and O–H groups in total. The first kappa shape index (κ1) is 9.46. The van der Waals surface area contributed by atoms with Crippen molar-refractivity contribution in [2.24, 2.45) is 6.66 Å². The topological polar surface area (TPSA) is 23.8 Å². The molecule has 1 atom stereocenters. The predicted octanol–water partition coefficient (Wildman–Crippen LogP) is 4.39. The van der Waals surface area contributed by atoms with Gasteiger partial charge in [-0.3, -0.25) is 0 Å². The number of aryl methyl sites for hydroxylation is 1. The fourth-order valence-electron chi connectivity index (χ4n) is 2.23. The van der Waals surface area contributed by atoms with Gasteiger partial charge in [-0.2, -0.15) is 5.26 Å². The maximum Gasteiger partial charge on any atom is 0.0991 e. The van der Waals surface area contributed by atoms with Gasteiger partial charge in [0.2, 0.25) is 0 Å². The van der Waals surface area contributed by atoms with Gasteiger partial charge in [-0.25, -0.2) is 0 Å². The minimum atomic E-state index is -0.270. The summed E-state index contributed by atoms with van der Waals surface area (Å²) in [4.78, 5) is 0. The molecule has 2 aromatic carbocycles. The van der Waals surface area contributed by atoms with E-state index in [1.54, 1.807) is 0 Å². The molecular weight excluding hydrogens is 213 g/mol. The van der Waals surface area contributed by atoms with Crippen LogP contribution in [0.2, 0.25) is 0 Å². The summed E-state index contributed by atoms with van der Waals surface area (Å²) in [5, 5.41) is 14.4. The number of benzene rings is 2. The van der Waals surface area contributed by atoms with E-state index in [0.717, 1.165) is 5.56 Å². The van der Waals surface area contributed by atoms with Crippen LogP contribution in [0.25, 0.3) is 21.0 Å². The van der Waals surface area contributed by atoms with E-state index in [9.17, 15) is 0 Å². The Morgan fingerprint density at radius 2 is 1.75 bits per heavy atom. The van der Waals surface area contributed by atoms with E-state index in [1.807, 2.05) is 12.1 Å². The smallest absolute Gasteiger partial charge is 0.0991 e. The van der Waals surface area contributed by atoms with Crippen molar-refractivity contribution in [1.82, 2.24) is 0 Å². The summed E-state index contributed by atoms with van der Waals surface area (Å²) in [6.45, 7) is 2.27. The van der Waals surface area contributed by atoms with Gasteiger partial charge in [0.15, 0.2) is 0 Å². The van der Waals surface area contributed by atoms with Crippen LogP contribution >= 0.6 is 7.53 Å². The molecule has 0 saturated carbocycles. The Kier molecular flexibility index (Phi) is 1.99. The highest BCUT2D eigenvalue weighted by molar-refractivity contribution is 7.59. The molecular formula is C14H10NP. The average molecular weight is 223 g/mol. The molecule has 1 heterocycles. The van der Waals surface area contributed by atoms with Crippen LogP contribution < -0.4 is 0 Å². The monoisotopic (exact) mass is 223 g/mol. The van der Waals surface area contributed by atoms with Crippen LogP contribution in [0, 0.1) is 11.3 Å². The van der Waals surface area contributed by atoms with E-state index in [2.05, 4.69) is 43.1 Å². The van der Waals surface area contributed by atoms with Crippen LogP contribution in [0.4, 0.5) is 0 Å². The Balaban J connectivity index is 2.57. The van der Waals surface area contributed by atoms with Gasteiger partial charge < -0.3 is 0 Å². The SMILES string of the molecule is Cp1c2ccccc2c2ccc(C#N)cc21. The minimum Gasteiger partial charge on any atom is -0.192 e. The number of nitriles is 1. The summed E-state index contributed by atoms with van der Waals surface area (Å²) < 4.78 is 0. The van der Waals surface area contributed by atoms with Crippen LogP contribution in [-0.4, -0.2) is 0 Å². The Labute approximate surface area is 95.0 Å². The third-order valence-corrected chi connectivity index (χ3v) is 5.25. The van der Waals surface area contributed by atoms with Crippen molar-refractivity contribution in [3.8, 4) is 6.07 Å². The molecule has 0 fully saturated rings. The van der Waals surface area contributed by atoms with Gasteiger partial charge in [-0.05, 0) is 29.6 Å². The summed E-state index contributed by atoms with van der Waals surface area (Å²) >= 11 is 0. The lowest BCUT2D eigenvalue weighted by Crippen LogP contribution is -1.71. The van der Waals surface area contributed by atoms with E-state index in [-0.39, 0.29) is 7.53 Å². The zero-order chi connectivity index (χ0) is 11.1. The second-order valence-electron chi connectivity index (χ2n) is 3.92. The molecule has 0 aliphatic rings. The summed E-state index contributed by atoms with van der Waals surface area (Å²) in [6, 6.07) is 16.8. The van der Waals surface area contributed by atoms with Gasteiger partial charge in [0.05, 0.1) is 11.6 Å². The molecule has 0 bridgehead atoms. The third-order valence-electron chi connectivity index (χ3n) is 3.04. The van der Waals surface area contributed by atoms with Gasteiger partial charge in [-0.1, -0.05) is 30.3 Å². The molecule has 0 radical (unpaired) electrons. The Morgan fingerprint density at radius 1 is 1.00 bits per heavy atom. The van der Waals surface area contributed by atoms with Crippen LogP contribution in [0.5, 0.6) is 0 Å². The lowest BCUT2D eigenvalue weighted by atomic mass is 10.1. The highest BCUT2D eigenvalue weighted by Gasteiger charge is 2.07. The molecule has 0 aliphatic carbocycles. The summed E-state index contributed by atoms with van der Waals surface area (Å²) in [5.41, 5.74) is 0.765. The average Bonchev–Trinajstić information content (AvgIpc) is 2.64. The Hall–Kier alpha value is -1.77. The summed E-state index contributed by atoms with van der Waals surface area (Å²) in [5.74, 6) is 0. The van der Waals surface area contributed by atoms with Crippen molar-refractivity contribution in [2.75, 3.05) is 0 Å². The van der Waals surface area contributed by atoms with Gasteiger partial charge in [-0.15, -0.1) is 7.53 Å². The van der Waals surface area contributed by atoms with Crippen molar-refractivity contribution < 1.29 is 0 Å². The van der Waals surface area contributed by atoms with Gasteiger partial charge in [0, 0.05) is 10.2 Å². The summed E-state index contributed by atoms with van der Waals surface area (Å²) in [6.07, 6.45) is 0. The Morgan fingerprint density at radius 3 is 2.56 bits per heavy atom. The molecule has 1 nitrogen and oxygen atoms in total. The largest absolute Gasteiger partial charge is 0.192 e. The number of hydrogen-bond donors (Lipinski definition) is 0. The van der Waals surface area contributed by atoms with E-state index in [1.165, 1.54) is 21.0 Å². The van der Waals surface area contributed by atoms with Crippen molar-refractivity contribution in [3.05, 3.63) is 48.0 Å². The molecule has 3 aromatic rings. The number of fused-ring (bicyclic) bond motifs is 3. The number of nitrogens with zero attached hydrogens (tertiary/aromatic N) is 1.